The Kier molecular flexibility index (Phi) is 4.35. The van der Waals surface area contributed by atoms with Gasteiger partial charge in [0.05, 0.1) is 6.42 Å². The molecule has 4 heteroatoms. The summed E-state index contributed by atoms with van der Waals surface area (Å²) in [5, 5.41) is 11.9. The summed E-state index contributed by atoms with van der Waals surface area (Å²) in [5.41, 5.74) is 2.26. The van der Waals surface area contributed by atoms with Gasteiger partial charge in [-0.2, -0.15) is 0 Å². The lowest BCUT2D eigenvalue weighted by Crippen LogP contribution is -2.24. The second-order valence-corrected chi connectivity index (χ2v) is 4.70. The molecule has 0 atom stereocenters. The summed E-state index contributed by atoms with van der Waals surface area (Å²) in [7, 11) is 0. The predicted molar refractivity (Wildman–Crippen MR) is 74.8 cm³/mol. The number of amides is 1. The molecule has 0 saturated heterocycles. The van der Waals surface area contributed by atoms with Gasteiger partial charge in [0.25, 0.3) is 0 Å². The van der Waals surface area contributed by atoms with E-state index in [2.05, 4.69) is 5.32 Å². The average molecular weight is 273 g/mol. The zero-order valence-electron chi connectivity index (χ0n) is 11.2. The Balaban J connectivity index is 1.88. The maximum atomic E-state index is 13.1. The molecular weight excluding hydrogens is 257 g/mol. The topological polar surface area (TPSA) is 49.3 Å². The van der Waals surface area contributed by atoms with Crippen molar-refractivity contribution in [3.8, 4) is 5.75 Å². The zero-order valence-corrected chi connectivity index (χ0v) is 11.2. The van der Waals surface area contributed by atoms with Crippen LogP contribution in [0.3, 0.4) is 0 Å². The van der Waals surface area contributed by atoms with Crippen molar-refractivity contribution in [2.24, 2.45) is 0 Å². The minimum atomic E-state index is -0.246. The lowest BCUT2D eigenvalue weighted by atomic mass is 10.1. The molecule has 3 nitrogen and oxygen atoms in total. The summed E-state index contributed by atoms with van der Waals surface area (Å²) in [5.74, 6) is -0.183. The summed E-state index contributed by atoms with van der Waals surface area (Å²) < 4.78 is 13.1. The summed E-state index contributed by atoms with van der Waals surface area (Å²) in [6.07, 6.45) is 0.250. The number of halogens is 1. The molecule has 0 fully saturated rings. The first kappa shape index (κ1) is 14.1. The number of aryl methyl sites for hydroxylation is 1. The van der Waals surface area contributed by atoms with E-state index in [0.717, 1.165) is 11.1 Å². The van der Waals surface area contributed by atoms with Crippen LogP contribution in [0.25, 0.3) is 0 Å². The molecule has 0 spiro atoms. The first-order chi connectivity index (χ1) is 9.54. The number of nitrogens with one attached hydrogen (secondary N) is 1. The van der Waals surface area contributed by atoms with Crippen molar-refractivity contribution in [2.75, 3.05) is 0 Å². The van der Waals surface area contributed by atoms with Crippen LogP contribution in [0.5, 0.6) is 5.75 Å². The predicted octanol–water partition coefficient (Wildman–Crippen LogP) is 2.70. The van der Waals surface area contributed by atoms with Crippen LogP contribution in [-0.2, 0) is 17.8 Å². The lowest BCUT2D eigenvalue weighted by Gasteiger charge is -2.07. The van der Waals surface area contributed by atoms with Gasteiger partial charge in [-0.15, -0.1) is 0 Å². The first-order valence-corrected chi connectivity index (χ1v) is 6.34. The fourth-order valence-electron chi connectivity index (χ4n) is 1.88. The number of aromatic hydroxyl groups is 1. The molecule has 0 aromatic heterocycles. The Bertz CT molecular complexity index is 608. The maximum absolute atomic E-state index is 13.1. The molecule has 20 heavy (non-hydrogen) atoms. The van der Waals surface area contributed by atoms with Gasteiger partial charge in [0.15, 0.2) is 0 Å². The largest absolute Gasteiger partial charge is 0.508 e. The van der Waals surface area contributed by atoms with Crippen LogP contribution in [0.1, 0.15) is 16.7 Å². The van der Waals surface area contributed by atoms with Gasteiger partial charge in [0.1, 0.15) is 11.6 Å². The van der Waals surface area contributed by atoms with Gasteiger partial charge in [0.2, 0.25) is 5.91 Å². The van der Waals surface area contributed by atoms with Crippen LogP contribution >= 0.6 is 0 Å². The number of hydrogen-bond acceptors (Lipinski definition) is 2. The second kappa shape index (κ2) is 6.19. The van der Waals surface area contributed by atoms with E-state index >= 15 is 0 Å². The minimum absolute atomic E-state index is 0.113. The Morgan fingerprint density at radius 3 is 2.45 bits per heavy atom. The highest BCUT2D eigenvalue weighted by molar-refractivity contribution is 5.78. The molecule has 0 aliphatic rings. The van der Waals surface area contributed by atoms with Gasteiger partial charge in [-0.3, -0.25) is 4.79 Å². The van der Waals surface area contributed by atoms with E-state index in [9.17, 15) is 9.18 Å². The third-order valence-electron chi connectivity index (χ3n) is 3.01. The molecule has 2 N–H and O–H groups in total. The van der Waals surface area contributed by atoms with Crippen LogP contribution in [0.2, 0.25) is 0 Å². The molecule has 0 radical (unpaired) electrons. The van der Waals surface area contributed by atoms with Crippen molar-refractivity contribution in [1.29, 1.82) is 0 Å². The molecule has 0 heterocycles. The number of carbonyl (C=O) groups excluding carboxylic acids is 1. The molecule has 0 bridgehead atoms. The van der Waals surface area contributed by atoms with E-state index in [4.69, 9.17) is 5.11 Å². The van der Waals surface area contributed by atoms with Gasteiger partial charge in [-0.05, 0) is 41.8 Å². The number of carbonyl (C=O) groups is 1. The van der Waals surface area contributed by atoms with Crippen molar-refractivity contribution >= 4 is 5.91 Å². The fraction of sp³-hybridized carbons (Fsp3) is 0.188. The molecule has 1 amide bonds. The molecule has 2 rings (SSSR count). The van der Waals surface area contributed by atoms with Gasteiger partial charge in [-0.25, -0.2) is 4.39 Å². The highest BCUT2D eigenvalue weighted by Crippen LogP contribution is 2.11. The zero-order chi connectivity index (χ0) is 14.5. The van der Waals surface area contributed by atoms with Crippen LogP contribution in [-0.4, -0.2) is 11.0 Å². The van der Waals surface area contributed by atoms with Crippen molar-refractivity contribution in [3.05, 3.63) is 65.0 Å². The Morgan fingerprint density at radius 2 is 1.80 bits per heavy atom. The summed E-state index contributed by atoms with van der Waals surface area (Å²) in [4.78, 5) is 11.8. The quantitative estimate of drug-likeness (QED) is 0.899. The summed E-state index contributed by atoms with van der Waals surface area (Å²) >= 11 is 0. The van der Waals surface area contributed by atoms with E-state index in [0.29, 0.717) is 12.1 Å². The molecule has 104 valence electrons. The summed E-state index contributed by atoms with van der Waals surface area (Å²) in [6, 6.07) is 11.3. The van der Waals surface area contributed by atoms with E-state index in [1.165, 1.54) is 6.07 Å². The second-order valence-electron chi connectivity index (χ2n) is 4.70. The number of phenolic OH excluding ortho intramolecular Hbond substituents is 1. The van der Waals surface area contributed by atoms with Crippen LogP contribution in [0.15, 0.2) is 42.5 Å². The van der Waals surface area contributed by atoms with Crippen LogP contribution in [0.4, 0.5) is 4.39 Å². The number of phenols is 1. The van der Waals surface area contributed by atoms with Gasteiger partial charge in [-0.1, -0.05) is 24.3 Å². The normalized spacial score (nSPS) is 10.3. The molecule has 2 aromatic carbocycles. The van der Waals surface area contributed by atoms with Crippen LogP contribution < -0.4 is 5.32 Å². The highest BCUT2D eigenvalue weighted by atomic mass is 19.1. The lowest BCUT2D eigenvalue weighted by molar-refractivity contribution is -0.120. The number of rotatable bonds is 4. The van der Waals surface area contributed by atoms with E-state index < -0.39 is 0 Å². The van der Waals surface area contributed by atoms with Crippen molar-refractivity contribution in [2.45, 2.75) is 19.9 Å². The number of benzene rings is 2. The molecular formula is C16H16FNO2. The monoisotopic (exact) mass is 273 g/mol. The molecule has 0 aliphatic heterocycles. The average Bonchev–Trinajstić information content (AvgIpc) is 2.43. The molecule has 0 saturated carbocycles. The maximum Gasteiger partial charge on any atom is 0.224 e. The van der Waals surface area contributed by atoms with Crippen molar-refractivity contribution < 1.29 is 14.3 Å². The fourth-order valence-corrected chi connectivity index (χ4v) is 1.88. The van der Waals surface area contributed by atoms with E-state index in [1.54, 1.807) is 43.3 Å². The SMILES string of the molecule is Cc1cc(CNC(=O)Cc2ccc(O)cc2)ccc1F. The third kappa shape index (κ3) is 3.82. The van der Waals surface area contributed by atoms with Crippen LogP contribution in [0, 0.1) is 12.7 Å². The Labute approximate surface area is 117 Å². The van der Waals surface area contributed by atoms with E-state index in [1.807, 2.05) is 0 Å². The summed E-state index contributed by atoms with van der Waals surface area (Å²) in [6.45, 7) is 2.06. The first-order valence-electron chi connectivity index (χ1n) is 6.34. The van der Waals surface area contributed by atoms with Gasteiger partial charge >= 0.3 is 0 Å². The van der Waals surface area contributed by atoms with Crippen molar-refractivity contribution in [1.82, 2.24) is 5.32 Å². The third-order valence-corrected chi connectivity index (χ3v) is 3.01. The standard InChI is InChI=1S/C16H16FNO2/c1-11-8-13(4-7-15(11)17)10-18-16(20)9-12-2-5-14(19)6-3-12/h2-8,19H,9-10H2,1H3,(H,18,20). The van der Waals surface area contributed by atoms with Gasteiger partial charge < -0.3 is 10.4 Å². The molecule has 0 aliphatic carbocycles. The molecule has 2 aromatic rings. The Hall–Kier alpha value is -2.36. The highest BCUT2D eigenvalue weighted by Gasteiger charge is 2.04. The van der Waals surface area contributed by atoms with E-state index in [-0.39, 0.29) is 23.9 Å². The van der Waals surface area contributed by atoms with Gasteiger partial charge in [0, 0.05) is 6.54 Å². The Morgan fingerprint density at radius 1 is 1.15 bits per heavy atom. The molecule has 0 unspecified atom stereocenters. The minimum Gasteiger partial charge on any atom is -0.508 e. The van der Waals surface area contributed by atoms with Crippen molar-refractivity contribution in [3.63, 3.8) is 0 Å². The smallest absolute Gasteiger partial charge is 0.224 e. The number of hydrogen-bond donors (Lipinski definition) is 2.